The first-order chi connectivity index (χ1) is 6.84. The molecular weight excluding hydrogens is 174 g/mol. The van der Waals surface area contributed by atoms with Crippen LogP contribution in [0.5, 0.6) is 0 Å². The Bertz CT molecular complexity index is 342. The molecule has 2 nitrogen and oxygen atoms in total. The fourth-order valence-corrected chi connectivity index (χ4v) is 1.66. The van der Waals surface area contributed by atoms with Crippen LogP contribution in [0, 0.1) is 0 Å². The van der Waals surface area contributed by atoms with Gasteiger partial charge in [0.1, 0.15) is 5.78 Å². The van der Waals surface area contributed by atoms with Gasteiger partial charge in [0.25, 0.3) is 0 Å². The lowest BCUT2D eigenvalue weighted by atomic mass is 9.93. The third-order valence-electron chi connectivity index (χ3n) is 2.49. The number of pyridine rings is 1. The minimum Gasteiger partial charge on any atom is -0.300 e. The zero-order valence-corrected chi connectivity index (χ0v) is 8.07. The van der Waals surface area contributed by atoms with E-state index in [0.717, 1.165) is 18.5 Å². The number of rotatable bonds is 1. The first kappa shape index (κ1) is 9.13. The van der Waals surface area contributed by atoms with E-state index < -0.39 is 0 Å². The molecule has 0 radical (unpaired) electrons. The third kappa shape index (κ3) is 2.28. The fourth-order valence-electron chi connectivity index (χ4n) is 1.66. The van der Waals surface area contributed by atoms with E-state index in [4.69, 9.17) is 0 Å². The van der Waals surface area contributed by atoms with E-state index in [1.54, 1.807) is 6.20 Å². The number of ketones is 1. The van der Waals surface area contributed by atoms with Crippen molar-refractivity contribution in [3.8, 4) is 0 Å². The molecule has 0 aliphatic heterocycles. The predicted molar refractivity (Wildman–Crippen MR) is 55.7 cm³/mol. The van der Waals surface area contributed by atoms with Crippen LogP contribution in [-0.2, 0) is 4.79 Å². The molecule has 0 aromatic carbocycles. The molecule has 1 aromatic rings. The zero-order valence-electron chi connectivity index (χ0n) is 8.07. The second kappa shape index (κ2) is 4.18. The summed E-state index contributed by atoms with van der Waals surface area (Å²) >= 11 is 0. The summed E-state index contributed by atoms with van der Waals surface area (Å²) in [6, 6.07) is 5.88. The van der Waals surface area contributed by atoms with Crippen LogP contribution < -0.4 is 0 Å². The molecule has 1 heterocycles. The van der Waals surface area contributed by atoms with Crippen molar-refractivity contribution in [3.63, 3.8) is 0 Å². The van der Waals surface area contributed by atoms with Gasteiger partial charge in [-0.3, -0.25) is 9.78 Å². The molecular formula is C12H13NO. The molecule has 0 amide bonds. The van der Waals surface area contributed by atoms with Crippen molar-refractivity contribution in [2.24, 2.45) is 0 Å². The topological polar surface area (TPSA) is 30.0 Å². The highest BCUT2D eigenvalue weighted by Crippen LogP contribution is 2.22. The van der Waals surface area contributed by atoms with Crippen LogP contribution in [0.2, 0.25) is 0 Å². The normalized spacial score (nSPS) is 16.9. The Morgan fingerprint density at radius 2 is 1.93 bits per heavy atom. The average Bonchev–Trinajstić information content (AvgIpc) is 2.23. The lowest BCUT2D eigenvalue weighted by Crippen LogP contribution is -2.05. The molecule has 1 aromatic heterocycles. The number of aromatic nitrogens is 1. The number of allylic oxidation sites excluding steroid dienone is 1. The molecule has 72 valence electrons. The lowest BCUT2D eigenvalue weighted by Gasteiger charge is -2.12. The van der Waals surface area contributed by atoms with Crippen molar-refractivity contribution >= 4 is 11.9 Å². The molecule has 0 unspecified atom stereocenters. The van der Waals surface area contributed by atoms with Crippen LogP contribution in [0.4, 0.5) is 0 Å². The maximum Gasteiger partial charge on any atom is 0.133 e. The van der Waals surface area contributed by atoms with Crippen LogP contribution in [0.15, 0.2) is 30.0 Å². The van der Waals surface area contributed by atoms with E-state index in [2.05, 4.69) is 11.1 Å². The summed E-state index contributed by atoms with van der Waals surface area (Å²) in [5, 5.41) is 0. The third-order valence-corrected chi connectivity index (χ3v) is 2.49. The summed E-state index contributed by atoms with van der Waals surface area (Å²) in [4.78, 5) is 15.2. The second-order valence-corrected chi connectivity index (χ2v) is 3.60. The van der Waals surface area contributed by atoms with Crippen molar-refractivity contribution in [1.82, 2.24) is 4.98 Å². The minimum atomic E-state index is 0.392. The molecule has 0 bridgehead atoms. The summed E-state index contributed by atoms with van der Waals surface area (Å²) in [7, 11) is 0. The summed E-state index contributed by atoms with van der Waals surface area (Å²) in [6.45, 7) is 0. The van der Waals surface area contributed by atoms with E-state index in [-0.39, 0.29) is 0 Å². The van der Waals surface area contributed by atoms with Crippen LogP contribution in [0.25, 0.3) is 6.08 Å². The van der Waals surface area contributed by atoms with Gasteiger partial charge in [0, 0.05) is 19.0 Å². The molecule has 1 fully saturated rings. The summed E-state index contributed by atoms with van der Waals surface area (Å²) < 4.78 is 0. The van der Waals surface area contributed by atoms with Gasteiger partial charge in [0.15, 0.2) is 0 Å². The molecule has 1 aliphatic carbocycles. The highest BCUT2D eigenvalue weighted by Gasteiger charge is 2.12. The molecule has 0 atom stereocenters. The Hall–Kier alpha value is -1.44. The standard InChI is InChI=1S/C12H13NO/c14-12-6-4-10(5-7-12)9-11-3-1-2-8-13-11/h1-3,8-9H,4-7H2. The number of Topliss-reactive ketones (excluding diaryl/α,β-unsaturated/α-hetero) is 1. The molecule has 1 aliphatic rings. The fraction of sp³-hybridized carbons (Fsp3) is 0.333. The maximum atomic E-state index is 11.0. The van der Waals surface area contributed by atoms with E-state index in [1.807, 2.05) is 18.2 Å². The molecule has 0 spiro atoms. The smallest absolute Gasteiger partial charge is 0.133 e. The van der Waals surface area contributed by atoms with Gasteiger partial charge in [-0.15, -0.1) is 0 Å². The van der Waals surface area contributed by atoms with Crippen molar-refractivity contribution in [2.45, 2.75) is 25.7 Å². The lowest BCUT2D eigenvalue weighted by molar-refractivity contribution is -0.119. The first-order valence-electron chi connectivity index (χ1n) is 4.97. The largest absolute Gasteiger partial charge is 0.300 e. The summed E-state index contributed by atoms with van der Waals surface area (Å²) in [5.74, 6) is 0.392. The van der Waals surface area contributed by atoms with Gasteiger partial charge in [-0.1, -0.05) is 11.6 Å². The van der Waals surface area contributed by atoms with Crippen molar-refractivity contribution in [3.05, 3.63) is 35.7 Å². The van der Waals surface area contributed by atoms with Gasteiger partial charge >= 0.3 is 0 Å². The number of hydrogen-bond donors (Lipinski definition) is 0. The SMILES string of the molecule is O=C1CCC(=Cc2ccccn2)CC1. The highest BCUT2D eigenvalue weighted by molar-refractivity contribution is 5.80. The van der Waals surface area contributed by atoms with E-state index in [0.29, 0.717) is 18.6 Å². The highest BCUT2D eigenvalue weighted by atomic mass is 16.1. The van der Waals surface area contributed by atoms with Crippen LogP contribution in [0.3, 0.4) is 0 Å². The van der Waals surface area contributed by atoms with E-state index >= 15 is 0 Å². The Balaban J connectivity index is 2.08. The number of nitrogens with zero attached hydrogens (tertiary/aromatic N) is 1. The second-order valence-electron chi connectivity index (χ2n) is 3.60. The van der Waals surface area contributed by atoms with E-state index in [9.17, 15) is 4.79 Å². The van der Waals surface area contributed by atoms with Gasteiger partial charge in [-0.2, -0.15) is 0 Å². The zero-order chi connectivity index (χ0) is 9.80. The Morgan fingerprint density at radius 1 is 1.14 bits per heavy atom. The van der Waals surface area contributed by atoms with Gasteiger partial charge < -0.3 is 0 Å². The van der Waals surface area contributed by atoms with Gasteiger partial charge in [-0.25, -0.2) is 0 Å². The number of carbonyl (C=O) groups is 1. The number of hydrogen-bond acceptors (Lipinski definition) is 2. The van der Waals surface area contributed by atoms with Crippen molar-refractivity contribution < 1.29 is 4.79 Å². The van der Waals surface area contributed by atoms with Crippen LogP contribution in [-0.4, -0.2) is 10.8 Å². The maximum absolute atomic E-state index is 11.0. The summed E-state index contributed by atoms with van der Waals surface area (Å²) in [5.41, 5.74) is 2.35. The average molecular weight is 187 g/mol. The van der Waals surface area contributed by atoms with E-state index in [1.165, 1.54) is 5.57 Å². The summed E-state index contributed by atoms with van der Waals surface area (Å²) in [6.07, 6.45) is 7.13. The van der Waals surface area contributed by atoms with Gasteiger partial charge in [0.2, 0.25) is 0 Å². The predicted octanol–water partition coefficient (Wildman–Crippen LogP) is 2.61. The molecule has 1 saturated carbocycles. The molecule has 2 heteroatoms. The molecule has 2 rings (SSSR count). The molecule has 14 heavy (non-hydrogen) atoms. The van der Waals surface area contributed by atoms with Gasteiger partial charge in [-0.05, 0) is 31.1 Å². The van der Waals surface area contributed by atoms with Gasteiger partial charge in [0.05, 0.1) is 5.69 Å². The van der Waals surface area contributed by atoms with Crippen LogP contribution >= 0.6 is 0 Å². The van der Waals surface area contributed by atoms with Crippen molar-refractivity contribution in [2.75, 3.05) is 0 Å². The molecule has 0 N–H and O–H groups in total. The Morgan fingerprint density at radius 3 is 2.57 bits per heavy atom. The van der Waals surface area contributed by atoms with Crippen LogP contribution in [0.1, 0.15) is 31.4 Å². The first-order valence-corrected chi connectivity index (χ1v) is 4.97. The monoisotopic (exact) mass is 187 g/mol. The quantitative estimate of drug-likeness (QED) is 0.676. The Labute approximate surface area is 83.7 Å². The number of carbonyl (C=O) groups excluding carboxylic acids is 1. The Kier molecular flexibility index (Phi) is 2.73. The molecule has 0 saturated heterocycles. The van der Waals surface area contributed by atoms with Crippen molar-refractivity contribution in [1.29, 1.82) is 0 Å². The minimum absolute atomic E-state index is 0.392.